The van der Waals surface area contributed by atoms with Gasteiger partial charge in [0.2, 0.25) is 0 Å². The van der Waals surface area contributed by atoms with Crippen LogP contribution in [0.4, 0.5) is 17.1 Å². The number of anilines is 3. The summed E-state index contributed by atoms with van der Waals surface area (Å²) in [6, 6.07) is 58.2. The molecule has 3 aromatic heterocycles. The third-order valence-corrected chi connectivity index (χ3v) is 12.7. The van der Waals surface area contributed by atoms with Crippen LogP contribution in [0.1, 0.15) is 0 Å². The Kier molecular flexibility index (Phi) is 6.32. The van der Waals surface area contributed by atoms with E-state index in [0.717, 1.165) is 22.4 Å². The van der Waals surface area contributed by atoms with Crippen LogP contribution in [0.3, 0.4) is 0 Å². The lowest BCUT2D eigenvalue weighted by Crippen LogP contribution is -2.09. The first-order chi connectivity index (χ1) is 25.2. The van der Waals surface area contributed by atoms with Gasteiger partial charge >= 0.3 is 0 Å². The van der Waals surface area contributed by atoms with Gasteiger partial charge in [0.25, 0.3) is 0 Å². The van der Waals surface area contributed by atoms with Gasteiger partial charge in [-0.15, -0.1) is 22.7 Å². The van der Waals surface area contributed by atoms with Gasteiger partial charge in [-0.3, -0.25) is 4.98 Å². The number of thiophene rings is 2. The van der Waals surface area contributed by atoms with Crippen molar-refractivity contribution < 1.29 is 0 Å². The van der Waals surface area contributed by atoms with Crippen LogP contribution < -0.4 is 4.90 Å². The van der Waals surface area contributed by atoms with E-state index in [-0.39, 0.29) is 0 Å². The summed E-state index contributed by atoms with van der Waals surface area (Å²) in [6.45, 7) is 0. The van der Waals surface area contributed by atoms with E-state index in [2.05, 4.69) is 168 Å². The van der Waals surface area contributed by atoms with E-state index in [1.807, 2.05) is 35.1 Å². The summed E-state index contributed by atoms with van der Waals surface area (Å²) in [5.41, 5.74) is 5.78. The molecule has 0 bridgehead atoms. The molecule has 11 aromatic rings. The van der Waals surface area contributed by atoms with Crippen LogP contribution in [0.25, 0.3) is 83.8 Å². The predicted octanol–water partition coefficient (Wildman–Crippen LogP) is 14.4. The van der Waals surface area contributed by atoms with Crippen molar-refractivity contribution in [3.8, 4) is 11.1 Å². The number of nitrogens with zero attached hydrogens (tertiary/aromatic N) is 2. The zero-order valence-corrected chi connectivity index (χ0v) is 29.0. The van der Waals surface area contributed by atoms with Crippen molar-refractivity contribution in [1.29, 1.82) is 0 Å². The average molecular weight is 685 g/mol. The Labute approximate surface area is 302 Å². The molecule has 0 amide bonds. The Morgan fingerprint density at radius 1 is 0.373 bits per heavy atom. The number of rotatable bonds is 4. The minimum absolute atomic E-state index is 1.12. The lowest BCUT2D eigenvalue weighted by atomic mass is 10.0. The molecule has 0 unspecified atom stereocenters. The summed E-state index contributed by atoms with van der Waals surface area (Å²) < 4.78 is 5.36. The van der Waals surface area contributed by atoms with E-state index in [0.29, 0.717) is 0 Å². The molecule has 8 aromatic carbocycles. The van der Waals surface area contributed by atoms with E-state index in [1.165, 1.54) is 78.4 Å². The van der Waals surface area contributed by atoms with Gasteiger partial charge in [0, 0.05) is 75.2 Å². The van der Waals surface area contributed by atoms with Gasteiger partial charge in [-0.05, 0) is 98.7 Å². The molecule has 0 aliphatic carbocycles. The zero-order chi connectivity index (χ0) is 33.5. The Morgan fingerprint density at radius 3 is 1.53 bits per heavy atom. The van der Waals surface area contributed by atoms with Gasteiger partial charge in [0.05, 0.1) is 0 Å². The first kappa shape index (κ1) is 28.7. The fraction of sp³-hybridized carbons (Fsp3) is 0. The van der Waals surface area contributed by atoms with E-state index >= 15 is 0 Å². The predicted molar refractivity (Wildman–Crippen MR) is 223 cm³/mol. The quantitative estimate of drug-likeness (QED) is 0.183. The Balaban J connectivity index is 1.07. The van der Waals surface area contributed by atoms with Gasteiger partial charge in [-0.25, -0.2) is 0 Å². The molecule has 11 rings (SSSR count). The lowest BCUT2D eigenvalue weighted by Gasteiger charge is -2.26. The maximum Gasteiger partial charge on any atom is 0.0468 e. The topological polar surface area (TPSA) is 16.1 Å². The molecule has 4 heteroatoms. The highest BCUT2D eigenvalue weighted by molar-refractivity contribution is 7.27. The van der Waals surface area contributed by atoms with E-state index in [9.17, 15) is 0 Å². The molecule has 0 fully saturated rings. The summed E-state index contributed by atoms with van der Waals surface area (Å²) in [7, 11) is 0. The number of fused-ring (bicyclic) bond motifs is 11. The molecule has 51 heavy (non-hydrogen) atoms. The van der Waals surface area contributed by atoms with Gasteiger partial charge in [-0.1, -0.05) is 97.1 Å². The van der Waals surface area contributed by atoms with Crippen LogP contribution in [0.2, 0.25) is 0 Å². The first-order valence-corrected chi connectivity index (χ1v) is 18.8. The molecule has 0 aliphatic rings. The Bertz CT molecular complexity index is 3000. The second-order valence-electron chi connectivity index (χ2n) is 13.2. The van der Waals surface area contributed by atoms with Crippen molar-refractivity contribution in [3.63, 3.8) is 0 Å². The summed E-state index contributed by atoms with van der Waals surface area (Å²) in [6.07, 6.45) is 3.78. The molecule has 0 saturated carbocycles. The second kappa shape index (κ2) is 11.2. The fourth-order valence-electron chi connectivity index (χ4n) is 7.79. The molecule has 0 N–H and O–H groups in total. The molecule has 0 aliphatic heterocycles. The van der Waals surface area contributed by atoms with Crippen molar-refractivity contribution in [3.05, 3.63) is 170 Å². The van der Waals surface area contributed by atoms with Crippen LogP contribution in [0.5, 0.6) is 0 Å². The Hall–Kier alpha value is -6.07. The maximum atomic E-state index is 4.29. The molecule has 0 atom stereocenters. The molecular formula is C47H28N2S2. The first-order valence-electron chi connectivity index (χ1n) is 17.2. The summed E-state index contributed by atoms with van der Waals surface area (Å²) in [4.78, 5) is 6.69. The molecule has 2 nitrogen and oxygen atoms in total. The van der Waals surface area contributed by atoms with Gasteiger partial charge in [0.1, 0.15) is 0 Å². The van der Waals surface area contributed by atoms with Crippen molar-refractivity contribution in [2.75, 3.05) is 4.90 Å². The van der Waals surface area contributed by atoms with Gasteiger partial charge < -0.3 is 4.90 Å². The van der Waals surface area contributed by atoms with Crippen LogP contribution in [-0.4, -0.2) is 4.98 Å². The second-order valence-corrected chi connectivity index (χ2v) is 15.3. The van der Waals surface area contributed by atoms with E-state index in [4.69, 9.17) is 0 Å². The van der Waals surface area contributed by atoms with Crippen LogP contribution >= 0.6 is 22.7 Å². The monoisotopic (exact) mass is 684 g/mol. The number of pyridine rings is 1. The van der Waals surface area contributed by atoms with Crippen LogP contribution in [0.15, 0.2) is 170 Å². The SMILES string of the molecule is c1ccc2c(c1)sc1c3ccc(N(c4ccc(-c5ccc6cnccc6c5)cc4)c4ccc5c(ccc6c7ccccc7sc56)c4)cc3ccc21. The summed E-state index contributed by atoms with van der Waals surface area (Å²) >= 11 is 3.77. The number of aromatic nitrogens is 1. The number of benzene rings is 8. The highest BCUT2D eigenvalue weighted by Gasteiger charge is 2.17. The number of hydrogen-bond donors (Lipinski definition) is 0. The van der Waals surface area contributed by atoms with Gasteiger partial charge in [-0.2, -0.15) is 0 Å². The Morgan fingerprint density at radius 2 is 0.902 bits per heavy atom. The number of hydrogen-bond acceptors (Lipinski definition) is 4. The smallest absolute Gasteiger partial charge is 0.0468 e. The molecule has 0 spiro atoms. The zero-order valence-electron chi connectivity index (χ0n) is 27.4. The average Bonchev–Trinajstić information content (AvgIpc) is 3.77. The standard InChI is InChI=1S/C47H28N2S2/c1-3-7-44-40(5-1)42-19-13-32-26-36(17-21-38(32)46(42)50-44)49(35-15-11-29(12-16-35)30-9-10-34-28-48-24-23-31(34)25-30)37-18-22-39-33(27-37)14-20-43-41-6-2-4-8-45(41)51-47(39)43/h1-28H. The van der Waals surface area contributed by atoms with Crippen molar-refractivity contribution in [2.24, 2.45) is 0 Å². The van der Waals surface area contributed by atoms with Crippen molar-refractivity contribution >= 4 is 112 Å². The minimum atomic E-state index is 1.12. The fourth-order valence-corrected chi connectivity index (χ4v) is 10.3. The van der Waals surface area contributed by atoms with Crippen molar-refractivity contribution in [2.45, 2.75) is 0 Å². The van der Waals surface area contributed by atoms with Crippen molar-refractivity contribution in [1.82, 2.24) is 4.98 Å². The van der Waals surface area contributed by atoms with Crippen LogP contribution in [0, 0.1) is 0 Å². The lowest BCUT2D eigenvalue weighted by molar-refractivity contribution is 1.29. The normalized spacial score (nSPS) is 11.9. The summed E-state index contributed by atoms with van der Waals surface area (Å²) in [5, 5.41) is 12.7. The highest BCUT2D eigenvalue weighted by atomic mass is 32.1. The van der Waals surface area contributed by atoms with E-state index in [1.54, 1.807) is 0 Å². The highest BCUT2D eigenvalue weighted by Crippen LogP contribution is 2.44. The third-order valence-electron chi connectivity index (χ3n) is 10.3. The molecule has 3 heterocycles. The van der Waals surface area contributed by atoms with E-state index < -0.39 is 0 Å². The molecule has 0 saturated heterocycles. The maximum absolute atomic E-state index is 4.29. The minimum Gasteiger partial charge on any atom is -0.310 e. The molecule has 0 radical (unpaired) electrons. The largest absolute Gasteiger partial charge is 0.310 e. The van der Waals surface area contributed by atoms with Crippen LogP contribution in [-0.2, 0) is 0 Å². The third kappa shape index (κ3) is 4.58. The summed E-state index contributed by atoms with van der Waals surface area (Å²) in [5.74, 6) is 0. The molecular weight excluding hydrogens is 657 g/mol. The molecule has 238 valence electrons. The van der Waals surface area contributed by atoms with Gasteiger partial charge in [0.15, 0.2) is 0 Å².